The molecule has 0 aromatic heterocycles. The number of fused-ring (bicyclic) bond motifs is 1. The zero-order chi connectivity index (χ0) is 19.4. The first-order valence-electron chi connectivity index (χ1n) is 7.57. The van der Waals surface area contributed by atoms with E-state index < -0.39 is 35.4 Å². The summed E-state index contributed by atoms with van der Waals surface area (Å²) in [6.07, 6.45) is -3.23. The van der Waals surface area contributed by atoms with Crippen molar-refractivity contribution in [3.63, 3.8) is 0 Å². The first-order chi connectivity index (χ1) is 12.2. The van der Waals surface area contributed by atoms with Crippen LogP contribution in [0.3, 0.4) is 0 Å². The lowest BCUT2D eigenvalue weighted by molar-refractivity contribution is -0.385. The highest BCUT2D eigenvalue weighted by Crippen LogP contribution is 2.34. The summed E-state index contributed by atoms with van der Waals surface area (Å²) in [7, 11) is 0. The maximum atomic E-state index is 11.3. The number of hydrogen-bond acceptors (Lipinski definition) is 9. The number of aliphatic carboxylic acids is 2. The molecule has 7 N–H and O–H groups in total. The number of hydrogen-bond donors (Lipinski definition) is 7. The molecule has 0 saturated carbocycles. The van der Waals surface area contributed by atoms with Gasteiger partial charge < -0.3 is 36.4 Å². The van der Waals surface area contributed by atoms with E-state index in [9.17, 15) is 29.9 Å². The second-order valence-electron chi connectivity index (χ2n) is 5.67. The highest BCUT2D eigenvalue weighted by Gasteiger charge is 2.28. The van der Waals surface area contributed by atoms with Crippen LogP contribution in [0.5, 0.6) is 0 Å². The van der Waals surface area contributed by atoms with Gasteiger partial charge in [0.05, 0.1) is 16.3 Å². The normalized spacial score (nSPS) is 19.6. The van der Waals surface area contributed by atoms with Gasteiger partial charge in [0.15, 0.2) is 12.5 Å². The minimum absolute atomic E-state index is 0.133. The molecule has 0 radical (unpaired) electrons. The third-order valence-corrected chi connectivity index (χ3v) is 3.81. The zero-order valence-electron chi connectivity index (χ0n) is 13.4. The molecule has 1 heterocycles. The molecule has 2 rings (SSSR count). The van der Waals surface area contributed by atoms with Crippen molar-refractivity contribution in [1.29, 1.82) is 0 Å². The monoisotopic (exact) mass is 370 g/mol. The predicted octanol–water partition coefficient (Wildman–Crippen LogP) is -0.523. The number of aliphatic hydroxyl groups excluding tert-OH is 2. The lowest BCUT2D eigenvalue weighted by Crippen LogP contribution is -2.42. The molecule has 0 aliphatic carbocycles. The third kappa shape index (κ3) is 4.56. The quantitative estimate of drug-likeness (QED) is 0.230. The average molecular weight is 370 g/mol. The molecule has 12 heteroatoms. The Morgan fingerprint density at radius 3 is 2.27 bits per heavy atom. The van der Waals surface area contributed by atoms with Crippen molar-refractivity contribution in [2.45, 2.75) is 37.9 Å². The Kier molecular flexibility index (Phi) is 5.92. The Hall–Kier alpha value is -2.96. The number of carbonyl (C=O) groups is 2. The fraction of sp³-hybridized carbons (Fsp3) is 0.429. The van der Waals surface area contributed by atoms with Crippen LogP contribution in [0.2, 0.25) is 0 Å². The summed E-state index contributed by atoms with van der Waals surface area (Å²) in [5, 5.41) is 55.9. The summed E-state index contributed by atoms with van der Waals surface area (Å²) in [4.78, 5) is 32.4. The molecule has 2 unspecified atom stereocenters. The third-order valence-electron chi connectivity index (χ3n) is 3.81. The second kappa shape index (κ2) is 7.95. The number of benzene rings is 1. The average Bonchev–Trinajstić information content (AvgIpc) is 2.54. The van der Waals surface area contributed by atoms with Crippen LogP contribution < -0.4 is 16.0 Å². The molecule has 3 atom stereocenters. The van der Waals surface area contributed by atoms with E-state index in [0.29, 0.717) is 5.69 Å². The molecular formula is C14H18N4O8. The highest BCUT2D eigenvalue weighted by atomic mass is 16.6. The Bertz CT molecular complexity index is 725. The molecule has 142 valence electrons. The Morgan fingerprint density at radius 1 is 1.19 bits per heavy atom. The number of nitrogens with zero attached hydrogens (tertiary/aromatic N) is 1. The van der Waals surface area contributed by atoms with Gasteiger partial charge in [-0.2, -0.15) is 0 Å². The van der Waals surface area contributed by atoms with Crippen LogP contribution in [0.1, 0.15) is 18.4 Å². The van der Waals surface area contributed by atoms with Crippen molar-refractivity contribution in [2.75, 3.05) is 10.6 Å². The molecule has 0 amide bonds. The summed E-state index contributed by atoms with van der Waals surface area (Å²) < 4.78 is 0. The van der Waals surface area contributed by atoms with Gasteiger partial charge in [0.1, 0.15) is 6.04 Å². The Morgan fingerprint density at radius 2 is 1.77 bits per heavy atom. The van der Waals surface area contributed by atoms with Crippen LogP contribution in [0, 0.1) is 10.1 Å². The molecule has 1 aromatic rings. The number of nitro groups is 1. The minimum Gasteiger partial charge on any atom is -0.481 e. The molecule has 1 aliphatic heterocycles. The van der Waals surface area contributed by atoms with E-state index in [1.165, 1.54) is 6.07 Å². The van der Waals surface area contributed by atoms with Crippen LogP contribution >= 0.6 is 0 Å². The van der Waals surface area contributed by atoms with E-state index in [4.69, 9.17) is 10.2 Å². The van der Waals surface area contributed by atoms with Gasteiger partial charge in [-0.25, -0.2) is 0 Å². The van der Waals surface area contributed by atoms with Crippen molar-refractivity contribution in [2.24, 2.45) is 0 Å². The van der Waals surface area contributed by atoms with Crippen molar-refractivity contribution >= 4 is 29.0 Å². The van der Waals surface area contributed by atoms with E-state index >= 15 is 0 Å². The molecule has 1 aromatic carbocycles. The van der Waals surface area contributed by atoms with E-state index in [1.54, 1.807) is 0 Å². The number of anilines is 2. The topological polar surface area (TPSA) is 194 Å². The number of rotatable bonds is 8. The van der Waals surface area contributed by atoms with Gasteiger partial charge in [0.25, 0.3) is 5.69 Å². The van der Waals surface area contributed by atoms with E-state index in [2.05, 4.69) is 16.0 Å². The molecule has 26 heavy (non-hydrogen) atoms. The maximum Gasteiger partial charge on any atom is 0.320 e. The molecule has 12 nitrogen and oxygen atoms in total. The number of carboxylic acids is 2. The number of nitro benzene ring substituents is 1. The first kappa shape index (κ1) is 19.4. The van der Waals surface area contributed by atoms with Crippen molar-refractivity contribution < 1.29 is 34.9 Å². The SMILES string of the molecule is O=C(O)CC[C@H](NCc1cc2c(cc1[N+](=O)[O-])NC(O)C(O)N2)C(=O)O. The molecule has 0 fully saturated rings. The summed E-state index contributed by atoms with van der Waals surface area (Å²) in [5.41, 5.74) is 0.311. The number of aliphatic hydroxyl groups is 2. The highest BCUT2D eigenvalue weighted by molar-refractivity contribution is 5.77. The summed E-state index contributed by atoms with van der Waals surface area (Å²) in [5.74, 6) is -2.43. The standard InChI is InChI=1S/C14H18N4O8/c19-11(20)2-1-7(14(23)24)15-5-6-3-8-9(4-10(6)18(25)26)17-13(22)12(21)16-8/h3-4,7,12-13,15-17,21-22H,1-2,5H2,(H,19,20)(H,23,24)/t7-,12?,13?/m0/s1. The van der Waals surface area contributed by atoms with Crippen LogP contribution in [-0.2, 0) is 16.1 Å². The van der Waals surface area contributed by atoms with Gasteiger partial charge in [0, 0.05) is 24.6 Å². The van der Waals surface area contributed by atoms with Gasteiger partial charge >= 0.3 is 11.9 Å². The van der Waals surface area contributed by atoms with Gasteiger partial charge in [0.2, 0.25) is 0 Å². The summed E-state index contributed by atoms with van der Waals surface area (Å²) in [6.45, 7) is -0.208. The van der Waals surface area contributed by atoms with E-state index in [1.807, 2.05) is 0 Å². The predicted molar refractivity (Wildman–Crippen MR) is 87.5 cm³/mol. The second-order valence-corrected chi connectivity index (χ2v) is 5.67. The van der Waals surface area contributed by atoms with Gasteiger partial charge in [-0.1, -0.05) is 0 Å². The van der Waals surface area contributed by atoms with Crippen molar-refractivity contribution in [3.05, 3.63) is 27.8 Å². The van der Waals surface area contributed by atoms with Crippen molar-refractivity contribution in [1.82, 2.24) is 5.32 Å². The van der Waals surface area contributed by atoms with Gasteiger partial charge in [-0.15, -0.1) is 0 Å². The van der Waals surface area contributed by atoms with Gasteiger partial charge in [-0.05, 0) is 12.5 Å². The van der Waals surface area contributed by atoms with Gasteiger partial charge in [-0.3, -0.25) is 19.7 Å². The van der Waals surface area contributed by atoms with E-state index in [-0.39, 0.29) is 36.3 Å². The van der Waals surface area contributed by atoms with Crippen LogP contribution in [-0.4, -0.2) is 55.8 Å². The molecule has 1 aliphatic rings. The zero-order valence-corrected chi connectivity index (χ0v) is 13.4. The van der Waals surface area contributed by atoms with E-state index in [0.717, 1.165) is 6.07 Å². The van der Waals surface area contributed by atoms with Crippen LogP contribution in [0.25, 0.3) is 0 Å². The Labute approximate surface area is 146 Å². The van der Waals surface area contributed by atoms with Crippen LogP contribution in [0.4, 0.5) is 17.1 Å². The largest absolute Gasteiger partial charge is 0.481 e. The minimum atomic E-state index is -1.35. The molecule has 0 bridgehead atoms. The molecular weight excluding hydrogens is 352 g/mol. The van der Waals surface area contributed by atoms with Crippen molar-refractivity contribution in [3.8, 4) is 0 Å². The number of nitrogens with one attached hydrogen (secondary N) is 3. The summed E-state index contributed by atoms with van der Waals surface area (Å²) in [6, 6.07) is 1.31. The maximum absolute atomic E-state index is 11.3. The lowest BCUT2D eigenvalue weighted by Gasteiger charge is -2.29. The first-order valence-corrected chi connectivity index (χ1v) is 7.57. The molecule has 0 saturated heterocycles. The molecule has 0 spiro atoms. The smallest absolute Gasteiger partial charge is 0.320 e. The number of carboxylic acid groups (broad SMARTS) is 2. The fourth-order valence-electron chi connectivity index (χ4n) is 2.47. The fourth-order valence-corrected chi connectivity index (χ4v) is 2.47. The summed E-state index contributed by atoms with van der Waals surface area (Å²) >= 11 is 0. The lowest BCUT2D eigenvalue weighted by atomic mass is 10.1. The van der Waals surface area contributed by atoms with Crippen LogP contribution in [0.15, 0.2) is 12.1 Å². The Balaban J connectivity index is 2.22.